The number of thioether (sulfide) groups is 1. The number of hydrogen-bond donors (Lipinski definition) is 1. The number of nitrogens with zero attached hydrogens (tertiary/aromatic N) is 2. The second-order valence-electron chi connectivity index (χ2n) is 8.05. The van der Waals surface area contributed by atoms with Crippen molar-refractivity contribution in [2.24, 2.45) is 5.92 Å². The minimum absolute atomic E-state index is 0.119. The number of nitrogens with one attached hydrogen (secondary N) is 1. The molecule has 5 nitrogen and oxygen atoms in total. The predicted molar refractivity (Wildman–Crippen MR) is 127 cm³/mol. The highest BCUT2D eigenvalue weighted by Gasteiger charge is 2.27. The third-order valence-electron chi connectivity index (χ3n) is 5.35. The van der Waals surface area contributed by atoms with Gasteiger partial charge in [-0.05, 0) is 79.7 Å². The van der Waals surface area contributed by atoms with Crippen molar-refractivity contribution in [3.63, 3.8) is 0 Å². The van der Waals surface area contributed by atoms with E-state index in [0.717, 1.165) is 39.6 Å². The number of benzene rings is 2. The monoisotopic (exact) mass is 451 g/mol. The Morgan fingerprint density at radius 2 is 1.97 bits per heavy atom. The standard InChI is InChI=1S/C25H26FN3O2S/c1-29(2)11-12-32-24-15-18(17-7-9-27-10-8-17)3-5-22(24)28-25(30)20-13-19-14-21(26)4-6-23(19)31-16-20/h3-10,14-15,20H,11-13,16H2,1-2H3,(H,28,30). The van der Waals surface area contributed by atoms with Crippen molar-refractivity contribution >= 4 is 23.4 Å². The molecule has 1 aliphatic heterocycles. The SMILES string of the molecule is CN(C)CCSc1cc(-c2ccncc2)ccc1NC(=O)C1COc2ccc(F)cc2C1. The van der Waals surface area contributed by atoms with Crippen LogP contribution in [-0.4, -0.2) is 48.8 Å². The number of hydrogen-bond acceptors (Lipinski definition) is 5. The molecule has 1 N–H and O–H groups in total. The van der Waals surface area contributed by atoms with E-state index < -0.39 is 0 Å². The molecule has 32 heavy (non-hydrogen) atoms. The Balaban J connectivity index is 1.53. The van der Waals surface area contributed by atoms with Crippen LogP contribution in [0.3, 0.4) is 0 Å². The Hall–Kier alpha value is -2.90. The second-order valence-corrected chi connectivity index (χ2v) is 9.19. The normalized spacial score (nSPS) is 15.2. The molecule has 7 heteroatoms. The van der Waals surface area contributed by atoms with Crippen LogP contribution in [0.15, 0.2) is 65.8 Å². The zero-order chi connectivity index (χ0) is 22.5. The molecular weight excluding hydrogens is 425 g/mol. The van der Waals surface area contributed by atoms with Gasteiger partial charge in [-0.3, -0.25) is 9.78 Å². The van der Waals surface area contributed by atoms with Gasteiger partial charge in [0.1, 0.15) is 18.2 Å². The first-order valence-corrected chi connectivity index (χ1v) is 11.5. The Bertz CT molecular complexity index is 1090. The highest BCUT2D eigenvalue weighted by molar-refractivity contribution is 7.99. The van der Waals surface area contributed by atoms with Crippen molar-refractivity contribution in [2.45, 2.75) is 11.3 Å². The maximum absolute atomic E-state index is 13.6. The van der Waals surface area contributed by atoms with Crippen LogP contribution in [0.25, 0.3) is 11.1 Å². The summed E-state index contributed by atoms with van der Waals surface area (Å²) in [5.74, 6) is 0.737. The molecule has 0 saturated heterocycles. The number of aromatic nitrogens is 1. The summed E-state index contributed by atoms with van der Waals surface area (Å²) in [6.07, 6.45) is 4.00. The molecule has 166 valence electrons. The van der Waals surface area contributed by atoms with Gasteiger partial charge < -0.3 is 15.0 Å². The first-order valence-electron chi connectivity index (χ1n) is 10.5. The molecule has 3 aromatic rings. The summed E-state index contributed by atoms with van der Waals surface area (Å²) in [7, 11) is 4.08. The van der Waals surface area contributed by atoms with Gasteiger partial charge in [0.05, 0.1) is 11.6 Å². The van der Waals surface area contributed by atoms with Crippen molar-refractivity contribution in [1.29, 1.82) is 0 Å². The van der Waals surface area contributed by atoms with E-state index in [1.165, 1.54) is 12.1 Å². The fraction of sp³-hybridized carbons (Fsp3) is 0.280. The Morgan fingerprint density at radius 1 is 1.16 bits per heavy atom. The van der Waals surface area contributed by atoms with Crippen molar-refractivity contribution < 1.29 is 13.9 Å². The van der Waals surface area contributed by atoms with Gasteiger partial charge in [0.15, 0.2) is 0 Å². The van der Waals surface area contributed by atoms with Crippen LogP contribution in [-0.2, 0) is 11.2 Å². The summed E-state index contributed by atoms with van der Waals surface area (Å²) >= 11 is 1.71. The first-order chi connectivity index (χ1) is 15.5. The van der Waals surface area contributed by atoms with E-state index >= 15 is 0 Å². The zero-order valence-corrected chi connectivity index (χ0v) is 19.0. The number of pyridine rings is 1. The molecule has 4 rings (SSSR count). The van der Waals surface area contributed by atoms with E-state index in [9.17, 15) is 9.18 Å². The molecule has 2 heterocycles. The highest BCUT2D eigenvalue weighted by Crippen LogP contribution is 2.34. The van der Waals surface area contributed by atoms with Crippen LogP contribution >= 0.6 is 11.8 Å². The van der Waals surface area contributed by atoms with Gasteiger partial charge in [0.2, 0.25) is 5.91 Å². The quantitative estimate of drug-likeness (QED) is 0.527. The van der Waals surface area contributed by atoms with E-state index in [4.69, 9.17) is 4.74 Å². The van der Waals surface area contributed by atoms with Crippen molar-refractivity contribution in [1.82, 2.24) is 9.88 Å². The number of carbonyl (C=O) groups is 1. The van der Waals surface area contributed by atoms with Crippen molar-refractivity contribution in [2.75, 3.05) is 38.3 Å². The molecular formula is C25H26FN3O2S. The lowest BCUT2D eigenvalue weighted by Gasteiger charge is -2.25. The zero-order valence-electron chi connectivity index (χ0n) is 18.2. The van der Waals surface area contributed by atoms with Crippen LogP contribution in [0, 0.1) is 11.7 Å². The summed E-state index contributed by atoms with van der Waals surface area (Å²) in [6, 6.07) is 14.4. The maximum atomic E-state index is 13.6. The summed E-state index contributed by atoms with van der Waals surface area (Å²) < 4.78 is 19.3. The van der Waals surface area contributed by atoms with Gasteiger partial charge in [-0.15, -0.1) is 11.8 Å². The van der Waals surface area contributed by atoms with Crippen molar-refractivity contribution in [3.05, 3.63) is 72.3 Å². The molecule has 1 aromatic heterocycles. The molecule has 2 aromatic carbocycles. The lowest BCUT2D eigenvalue weighted by molar-refractivity contribution is -0.121. The third-order valence-corrected chi connectivity index (χ3v) is 6.38. The Morgan fingerprint density at radius 3 is 2.75 bits per heavy atom. The van der Waals surface area contributed by atoms with Crippen LogP contribution in [0.4, 0.5) is 10.1 Å². The maximum Gasteiger partial charge on any atom is 0.231 e. The number of amides is 1. The number of anilines is 1. The third kappa shape index (κ3) is 5.47. The number of ether oxygens (including phenoxy) is 1. The van der Waals surface area contributed by atoms with Crippen LogP contribution < -0.4 is 10.1 Å². The largest absolute Gasteiger partial charge is 0.492 e. The molecule has 0 saturated carbocycles. The lowest BCUT2D eigenvalue weighted by atomic mass is 9.95. The van der Waals surface area contributed by atoms with Crippen LogP contribution in [0.1, 0.15) is 5.56 Å². The minimum atomic E-state index is -0.371. The second kappa shape index (κ2) is 10.1. The fourth-order valence-corrected chi connectivity index (χ4v) is 4.73. The van der Waals surface area contributed by atoms with Crippen molar-refractivity contribution in [3.8, 4) is 16.9 Å². The van der Waals surface area contributed by atoms with E-state index in [0.29, 0.717) is 12.2 Å². The van der Waals surface area contributed by atoms with Gasteiger partial charge in [0.25, 0.3) is 0 Å². The molecule has 0 radical (unpaired) electrons. The predicted octanol–water partition coefficient (Wildman–Crippen LogP) is 4.73. The first kappa shape index (κ1) is 22.3. The molecule has 0 spiro atoms. The molecule has 0 bridgehead atoms. The summed E-state index contributed by atoms with van der Waals surface area (Å²) in [6.45, 7) is 1.21. The Labute approximate surface area is 192 Å². The number of halogens is 1. The Kier molecular flexibility index (Phi) is 7.07. The molecule has 1 atom stereocenters. The fourth-order valence-electron chi connectivity index (χ4n) is 3.57. The number of rotatable bonds is 7. The minimum Gasteiger partial charge on any atom is -0.492 e. The van der Waals surface area contributed by atoms with E-state index in [1.807, 2.05) is 38.4 Å². The topological polar surface area (TPSA) is 54.5 Å². The molecule has 1 amide bonds. The highest BCUT2D eigenvalue weighted by atomic mass is 32.2. The summed E-state index contributed by atoms with van der Waals surface area (Å²) in [4.78, 5) is 20.3. The lowest BCUT2D eigenvalue weighted by Crippen LogP contribution is -2.32. The van der Waals surface area contributed by atoms with E-state index in [-0.39, 0.29) is 24.2 Å². The van der Waals surface area contributed by atoms with Gasteiger partial charge in [0, 0.05) is 29.6 Å². The van der Waals surface area contributed by atoms with E-state index in [1.54, 1.807) is 30.2 Å². The van der Waals surface area contributed by atoms with Gasteiger partial charge >= 0.3 is 0 Å². The average molecular weight is 452 g/mol. The number of carbonyl (C=O) groups excluding carboxylic acids is 1. The molecule has 0 fully saturated rings. The van der Waals surface area contributed by atoms with Gasteiger partial charge in [-0.2, -0.15) is 0 Å². The van der Waals surface area contributed by atoms with Gasteiger partial charge in [-0.25, -0.2) is 4.39 Å². The number of fused-ring (bicyclic) bond motifs is 1. The smallest absolute Gasteiger partial charge is 0.231 e. The van der Waals surface area contributed by atoms with Gasteiger partial charge in [-0.1, -0.05) is 6.07 Å². The molecule has 1 aliphatic rings. The average Bonchev–Trinajstić information content (AvgIpc) is 2.79. The summed E-state index contributed by atoms with van der Waals surface area (Å²) in [5.41, 5.74) is 3.65. The van der Waals surface area contributed by atoms with Crippen LogP contribution in [0.5, 0.6) is 5.75 Å². The molecule has 1 unspecified atom stereocenters. The molecule has 0 aliphatic carbocycles. The van der Waals surface area contributed by atoms with E-state index in [2.05, 4.69) is 21.3 Å². The van der Waals surface area contributed by atoms with Crippen LogP contribution in [0.2, 0.25) is 0 Å². The summed E-state index contributed by atoms with van der Waals surface area (Å²) in [5, 5.41) is 3.08.